The third-order valence-corrected chi connectivity index (χ3v) is 6.22. The minimum absolute atomic E-state index is 0.495. The number of halogens is 1. The van der Waals surface area contributed by atoms with Crippen LogP contribution in [0.15, 0.2) is 78.9 Å². The van der Waals surface area contributed by atoms with E-state index in [2.05, 4.69) is 114 Å². The van der Waals surface area contributed by atoms with Gasteiger partial charge in [0.05, 0.1) is 10.7 Å². The van der Waals surface area contributed by atoms with Crippen LogP contribution in [-0.2, 0) is 19.6 Å². The van der Waals surface area contributed by atoms with Gasteiger partial charge in [0.2, 0.25) is 0 Å². The highest BCUT2D eigenvalue weighted by Crippen LogP contribution is 2.35. The Morgan fingerprint density at radius 1 is 0.871 bits per heavy atom. The van der Waals surface area contributed by atoms with E-state index in [9.17, 15) is 0 Å². The molecule has 0 amide bonds. The summed E-state index contributed by atoms with van der Waals surface area (Å²) in [6.07, 6.45) is 1.00. The third-order valence-electron chi connectivity index (χ3n) is 5.42. The molecule has 0 atom stereocenters. The van der Waals surface area contributed by atoms with Gasteiger partial charge in [-0.2, -0.15) is 0 Å². The minimum atomic E-state index is 0.495. The first kappa shape index (κ1) is 21.5. The van der Waals surface area contributed by atoms with Crippen molar-refractivity contribution in [1.29, 1.82) is 0 Å². The van der Waals surface area contributed by atoms with Crippen LogP contribution in [0.2, 0.25) is 0 Å². The van der Waals surface area contributed by atoms with Crippen LogP contribution in [0.1, 0.15) is 23.6 Å². The Balaban J connectivity index is 1.52. The second kappa shape index (κ2) is 10.1. The largest absolute Gasteiger partial charge is 0.493 e. The quantitative estimate of drug-likeness (QED) is 0.248. The molecular weight excluding hydrogens is 497 g/mol. The summed E-state index contributed by atoms with van der Waals surface area (Å²) < 4.78 is 13.0. The number of methoxy groups -OCH3 is 1. The number of anilines is 1. The molecule has 0 aliphatic heterocycles. The van der Waals surface area contributed by atoms with Gasteiger partial charge in [-0.3, -0.25) is 0 Å². The summed E-state index contributed by atoms with van der Waals surface area (Å²) in [6.45, 7) is 3.40. The van der Waals surface area contributed by atoms with Gasteiger partial charge in [0.1, 0.15) is 6.61 Å². The fourth-order valence-electron chi connectivity index (χ4n) is 3.78. The van der Waals surface area contributed by atoms with E-state index in [4.69, 9.17) is 9.47 Å². The van der Waals surface area contributed by atoms with Gasteiger partial charge in [-0.25, -0.2) is 0 Å². The number of aryl methyl sites for hydroxylation is 1. The minimum Gasteiger partial charge on any atom is -0.493 e. The zero-order chi connectivity index (χ0) is 21.6. The van der Waals surface area contributed by atoms with E-state index in [1.54, 1.807) is 7.11 Å². The van der Waals surface area contributed by atoms with E-state index in [1.165, 1.54) is 22.0 Å². The number of hydrogen-bond donors (Lipinski definition) is 1. The summed E-state index contributed by atoms with van der Waals surface area (Å²) in [6, 6.07) is 27.4. The summed E-state index contributed by atoms with van der Waals surface area (Å²) in [5, 5.41) is 6.00. The van der Waals surface area contributed by atoms with Crippen molar-refractivity contribution < 1.29 is 9.47 Å². The van der Waals surface area contributed by atoms with Crippen LogP contribution in [-0.4, -0.2) is 7.11 Å². The van der Waals surface area contributed by atoms with Gasteiger partial charge in [-0.1, -0.05) is 67.6 Å². The second-order valence-corrected chi connectivity index (χ2v) is 8.56. The van der Waals surface area contributed by atoms with E-state index in [-0.39, 0.29) is 0 Å². The molecule has 0 saturated heterocycles. The Morgan fingerprint density at radius 2 is 1.61 bits per heavy atom. The van der Waals surface area contributed by atoms with Crippen LogP contribution >= 0.6 is 22.6 Å². The van der Waals surface area contributed by atoms with Crippen molar-refractivity contribution in [3.63, 3.8) is 0 Å². The molecule has 31 heavy (non-hydrogen) atoms. The van der Waals surface area contributed by atoms with Crippen LogP contribution in [0.25, 0.3) is 10.8 Å². The number of nitrogens with one attached hydrogen (secondary N) is 1. The highest BCUT2D eigenvalue weighted by molar-refractivity contribution is 14.1. The maximum atomic E-state index is 6.25. The molecule has 4 aromatic rings. The van der Waals surface area contributed by atoms with Crippen LogP contribution in [0.3, 0.4) is 0 Å². The first-order valence-corrected chi connectivity index (χ1v) is 11.5. The molecule has 0 unspecified atom stereocenters. The van der Waals surface area contributed by atoms with Crippen molar-refractivity contribution in [2.24, 2.45) is 0 Å². The van der Waals surface area contributed by atoms with Crippen molar-refractivity contribution in [2.75, 3.05) is 12.4 Å². The molecule has 0 heterocycles. The number of rotatable bonds is 8. The molecule has 4 aromatic carbocycles. The van der Waals surface area contributed by atoms with Crippen LogP contribution < -0.4 is 14.8 Å². The number of benzene rings is 4. The van der Waals surface area contributed by atoms with Crippen molar-refractivity contribution in [3.8, 4) is 11.5 Å². The molecule has 0 saturated carbocycles. The van der Waals surface area contributed by atoms with E-state index in [1.807, 2.05) is 0 Å². The lowest BCUT2D eigenvalue weighted by atomic mass is 10.1. The lowest BCUT2D eigenvalue weighted by molar-refractivity contribution is 0.283. The first-order chi connectivity index (χ1) is 15.2. The molecule has 0 fully saturated rings. The average molecular weight is 523 g/mol. The fourth-order valence-corrected chi connectivity index (χ4v) is 4.60. The normalized spacial score (nSPS) is 10.8. The molecule has 0 aliphatic carbocycles. The summed E-state index contributed by atoms with van der Waals surface area (Å²) in [5.74, 6) is 1.54. The van der Waals surface area contributed by atoms with Gasteiger partial charge < -0.3 is 14.8 Å². The molecule has 0 radical (unpaired) electrons. The second-order valence-electron chi connectivity index (χ2n) is 7.40. The van der Waals surface area contributed by atoms with Crippen LogP contribution in [0.5, 0.6) is 11.5 Å². The van der Waals surface area contributed by atoms with Crippen LogP contribution in [0, 0.1) is 3.57 Å². The molecule has 0 aliphatic rings. The maximum Gasteiger partial charge on any atom is 0.174 e. The summed E-state index contributed by atoms with van der Waals surface area (Å²) in [5.41, 5.74) is 4.82. The lowest BCUT2D eigenvalue weighted by Gasteiger charge is -2.16. The molecule has 4 rings (SSSR count). The zero-order valence-electron chi connectivity index (χ0n) is 17.8. The van der Waals surface area contributed by atoms with Gasteiger partial charge in [0, 0.05) is 12.2 Å². The van der Waals surface area contributed by atoms with Crippen molar-refractivity contribution in [3.05, 3.63) is 99.1 Å². The molecule has 0 spiro atoms. The van der Waals surface area contributed by atoms with Gasteiger partial charge >= 0.3 is 0 Å². The van der Waals surface area contributed by atoms with Crippen LogP contribution in [0.4, 0.5) is 5.69 Å². The van der Waals surface area contributed by atoms with Crippen molar-refractivity contribution >= 4 is 39.1 Å². The molecular formula is C27H26INO2. The molecule has 0 aromatic heterocycles. The van der Waals surface area contributed by atoms with Crippen molar-refractivity contribution in [1.82, 2.24) is 0 Å². The Labute approximate surface area is 197 Å². The highest BCUT2D eigenvalue weighted by Gasteiger charge is 2.13. The molecule has 4 heteroatoms. The van der Waals surface area contributed by atoms with Crippen molar-refractivity contribution in [2.45, 2.75) is 26.5 Å². The van der Waals surface area contributed by atoms with E-state index < -0.39 is 0 Å². The third kappa shape index (κ3) is 4.96. The topological polar surface area (TPSA) is 30.5 Å². The number of ether oxygens (including phenoxy) is 2. The Hall–Kier alpha value is -2.73. The average Bonchev–Trinajstić information content (AvgIpc) is 2.81. The monoisotopic (exact) mass is 523 g/mol. The Bertz CT molecular complexity index is 1180. The smallest absolute Gasteiger partial charge is 0.174 e. The van der Waals surface area contributed by atoms with Gasteiger partial charge in [0.25, 0.3) is 0 Å². The summed E-state index contributed by atoms with van der Waals surface area (Å²) in [4.78, 5) is 0. The molecule has 0 bridgehead atoms. The van der Waals surface area contributed by atoms with Gasteiger partial charge in [-0.05, 0) is 74.7 Å². The Kier molecular flexibility index (Phi) is 6.97. The Morgan fingerprint density at radius 3 is 2.45 bits per heavy atom. The van der Waals surface area contributed by atoms with E-state index in [0.29, 0.717) is 6.61 Å². The SMILES string of the molecule is CCc1ccccc1NCc1cc(I)c(OCc2cccc3ccccc23)c(OC)c1. The van der Waals surface area contributed by atoms with Gasteiger partial charge in [-0.15, -0.1) is 0 Å². The highest BCUT2D eigenvalue weighted by atomic mass is 127. The summed E-state index contributed by atoms with van der Waals surface area (Å²) in [7, 11) is 1.69. The predicted octanol–water partition coefficient (Wildman–Crippen LogP) is 7.21. The standard InChI is InChI=1S/C27H26INO2/c1-3-20-9-5-7-14-25(20)29-17-19-15-24(28)27(26(16-19)30-2)31-18-22-12-8-11-21-10-4-6-13-23(21)22/h4-16,29H,3,17-18H2,1-2H3. The molecule has 158 valence electrons. The van der Waals surface area contributed by atoms with E-state index in [0.717, 1.165) is 39.2 Å². The fraction of sp³-hybridized carbons (Fsp3) is 0.185. The lowest BCUT2D eigenvalue weighted by Crippen LogP contribution is -2.05. The molecule has 1 N–H and O–H groups in total. The van der Waals surface area contributed by atoms with E-state index >= 15 is 0 Å². The summed E-state index contributed by atoms with van der Waals surface area (Å²) >= 11 is 2.33. The number of para-hydroxylation sites is 1. The molecule has 3 nitrogen and oxygen atoms in total. The first-order valence-electron chi connectivity index (χ1n) is 10.5. The predicted molar refractivity (Wildman–Crippen MR) is 137 cm³/mol. The number of fused-ring (bicyclic) bond motifs is 1. The number of hydrogen-bond acceptors (Lipinski definition) is 3. The zero-order valence-corrected chi connectivity index (χ0v) is 20.0. The maximum absolute atomic E-state index is 6.25. The van der Waals surface area contributed by atoms with Gasteiger partial charge in [0.15, 0.2) is 11.5 Å².